The molecule has 2 heterocycles. The zero-order chi connectivity index (χ0) is 24.5. The first-order valence-electron chi connectivity index (χ1n) is 9.84. The fraction of sp³-hybridized carbons (Fsp3) is 0.238. The molecule has 0 aliphatic rings. The number of carbonyl (C=O) groups is 1. The van der Waals surface area contributed by atoms with E-state index in [1.807, 2.05) is 0 Å². The molecule has 0 fully saturated rings. The molecule has 13 heteroatoms. The van der Waals surface area contributed by atoms with Crippen molar-refractivity contribution in [2.24, 2.45) is 0 Å². The molecule has 0 saturated carbocycles. The molecule has 0 spiro atoms. The van der Waals surface area contributed by atoms with Gasteiger partial charge >= 0.3 is 5.97 Å². The molecule has 8 nitrogen and oxygen atoms in total. The minimum Gasteiger partial charge on any atom is -0.469 e. The largest absolute Gasteiger partial charge is 0.469 e. The third-order valence-electron chi connectivity index (χ3n) is 4.96. The van der Waals surface area contributed by atoms with Crippen molar-refractivity contribution in [2.75, 3.05) is 12.9 Å². The van der Waals surface area contributed by atoms with Gasteiger partial charge in [-0.2, -0.15) is 5.10 Å². The zero-order valence-corrected chi connectivity index (χ0v) is 19.2. The maximum absolute atomic E-state index is 13.3. The normalized spacial score (nSPS) is 11.9. The van der Waals surface area contributed by atoms with Crippen molar-refractivity contribution < 1.29 is 31.1 Å². The number of carbonyl (C=O) groups excluding carboxylic acids is 1. The topological polar surface area (TPSA) is 104 Å². The lowest BCUT2D eigenvalue weighted by molar-refractivity contribution is -0.140. The summed E-state index contributed by atoms with van der Waals surface area (Å²) in [5.41, 5.74) is 1.42. The highest BCUT2D eigenvalue weighted by molar-refractivity contribution is 7.91. The monoisotopic (exact) mass is 510 g/mol. The van der Waals surface area contributed by atoms with E-state index in [1.165, 1.54) is 37.4 Å². The Labute approximate surface area is 195 Å². The minimum absolute atomic E-state index is 0.0647. The molecule has 2 aromatic carbocycles. The fourth-order valence-corrected chi connectivity index (χ4v) is 5.19. The number of fused-ring (bicyclic) bond motifs is 1. The van der Waals surface area contributed by atoms with E-state index in [-0.39, 0.29) is 28.6 Å². The van der Waals surface area contributed by atoms with Crippen LogP contribution in [-0.4, -0.2) is 47.2 Å². The summed E-state index contributed by atoms with van der Waals surface area (Å²) in [6, 6.07) is 10.0. The van der Waals surface area contributed by atoms with E-state index in [2.05, 4.69) is 20.0 Å². The van der Waals surface area contributed by atoms with Crippen LogP contribution in [0.2, 0.25) is 0 Å². The van der Waals surface area contributed by atoms with Gasteiger partial charge in [0.15, 0.2) is 19.9 Å². The predicted molar refractivity (Wildman–Crippen MR) is 118 cm³/mol. The second-order valence-corrected chi connectivity index (χ2v) is 10.3. The van der Waals surface area contributed by atoms with Crippen LogP contribution < -0.4 is 0 Å². The highest BCUT2D eigenvalue weighted by atomic mass is 32.2. The van der Waals surface area contributed by atoms with Crippen LogP contribution in [0.1, 0.15) is 23.4 Å². The number of esters is 1. The number of ether oxygens (including phenoxy) is 1. The van der Waals surface area contributed by atoms with Crippen LogP contribution in [0.15, 0.2) is 47.4 Å². The van der Waals surface area contributed by atoms with Crippen molar-refractivity contribution in [3.8, 4) is 10.7 Å². The SMILES string of the molecule is COC(=O)CCS(=O)(=O)c1ccc2c(c1)c(-c1nnc(C(F)F)s1)nn2Cc1ccc(F)cc1. The van der Waals surface area contributed by atoms with Gasteiger partial charge in [0.05, 0.1) is 36.2 Å². The van der Waals surface area contributed by atoms with Crippen LogP contribution in [0.5, 0.6) is 0 Å². The minimum atomic E-state index is -3.85. The summed E-state index contributed by atoms with van der Waals surface area (Å²) >= 11 is 0.653. The molecule has 4 aromatic rings. The number of hydrogen-bond donors (Lipinski definition) is 0. The summed E-state index contributed by atoms with van der Waals surface area (Å²) in [6.07, 6.45) is -3.13. The average Bonchev–Trinajstić information content (AvgIpc) is 3.44. The van der Waals surface area contributed by atoms with Gasteiger partial charge in [0.2, 0.25) is 0 Å². The first kappa shape index (κ1) is 23.8. The quantitative estimate of drug-likeness (QED) is 0.330. The predicted octanol–water partition coefficient (Wildman–Crippen LogP) is 4.02. The molecular formula is C21H17F3N4O4S2. The second kappa shape index (κ2) is 9.50. The van der Waals surface area contributed by atoms with Crippen LogP contribution in [0.3, 0.4) is 0 Å². The highest BCUT2D eigenvalue weighted by Crippen LogP contribution is 2.34. The molecule has 4 rings (SSSR count). The van der Waals surface area contributed by atoms with Crippen molar-refractivity contribution in [1.29, 1.82) is 0 Å². The van der Waals surface area contributed by atoms with E-state index in [0.717, 1.165) is 5.56 Å². The molecule has 0 amide bonds. The Morgan fingerprint density at radius 1 is 1.15 bits per heavy atom. The van der Waals surface area contributed by atoms with Crippen molar-refractivity contribution in [3.05, 3.63) is 58.9 Å². The Morgan fingerprint density at radius 2 is 1.88 bits per heavy atom. The van der Waals surface area contributed by atoms with Crippen molar-refractivity contribution >= 4 is 38.0 Å². The highest BCUT2D eigenvalue weighted by Gasteiger charge is 2.23. The van der Waals surface area contributed by atoms with E-state index < -0.39 is 38.8 Å². The van der Waals surface area contributed by atoms with Crippen molar-refractivity contribution in [2.45, 2.75) is 24.3 Å². The molecule has 0 unspecified atom stereocenters. The van der Waals surface area contributed by atoms with Gasteiger partial charge in [0.1, 0.15) is 11.5 Å². The second-order valence-electron chi connectivity index (χ2n) is 7.20. The van der Waals surface area contributed by atoms with E-state index in [0.29, 0.717) is 22.2 Å². The number of methoxy groups -OCH3 is 1. The summed E-state index contributed by atoms with van der Waals surface area (Å²) in [6.45, 7) is 0.214. The first-order chi connectivity index (χ1) is 16.2. The molecule has 34 heavy (non-hydrogen) atoms. The Kier molecular flexibility index (Phi) is 6.66. The first-order valence-corrected chi connectivity index (χ1v) is 12.3. The number of sulfone groups is 1. The molecule has 178 valence electrons. The number of halogens is 3. The van der Waals surface area contributed by atoms with Crippen LogP contribution in [0.4, 0.5) is 13.2 Å². The van der Waals surface area contributed by atoms with Crippen LogP contribution in [0, 0.1) is 5.82 Å². The van der Waals surface area contributed by atoms with Gasteiger partial charge in [-0.15, -0.1) is 10.2 Å². The zero-order valence-electron chi connectivity index (χ0n) is 17.6. The third-order valence-corrected chi connectivity index (χ3v) is 7.61. The van der Waals surface area contributed by atoms with Crippen LogP contribution in [-0.2, 0) is 25.9 Å². The van der Waals surface area contributed by atoms with E-state index >= 15 is 0 Å². The van der Waals surface area contributed by atoms with Gasteiger partial charge in [-0.25, -0.2) is 21.6 Å². The van der Waals surface area contributed by atoms with Crippen LogP contribution in [0.25, 0.3) is 21.6 Å². The number of nitrogens with zero attached hydrogens (tertiary/aromatic N) is 4. The number of alkyl halides is 2. The number of benzene rings is 2. The third kappa shape index (κ3) is 4.94. The number of aromatic nitrogens is 4. The van der Waals surface area contributed by atoms with Gasteiger partial charge in [0, 0.05) is 5.39 Å². The number of rotatable bonds is 8. The molecule has 2 aromatic heterocycles. The van der Waals surface area contributed by atoms with E-state index in [1.54, 1.807) is 16.8 Å². The van der Waals surface area contributed by atoms with E-state index in [4.69, 9.17) is 0 Å². The van der Waals surface area contributed by atoms with Crippen molar-refractivity contribution in [1.82, 2.24) is 20.0 Å². The molecule has 0 aliphatic heterocycles. The fourth-order valence-electron chi connectivity index (χ4n) is 3.25. The van der Waals surface area contributed by atoms with Gasteiger partial charge < -0.3 is 4.74 Å². The summed E-state index contributed by atoms with van der Waals surface area (Å²) < 4.78 is 71.0. The molecule has 0 atom stereocenters. The summed E-state index contributed by atoms with van der Waals surface area (Å²) in [4.78, 5) is 11.3. The lowest BCUT2D eigenvalue weighted by Gasteiger charge is -2.06. The molecular weight excluding hydrogens is 493 g/mol. The molecule has 0 N–H and O–H groups in total. The molecule has 0 aliphatic carbocycles. The van der Waals surface area contributed by atoms with Crippen molar-refractivity contribution in [3.63, 3.8) is 0 Å². The Balaban J connectivity index is 1.80. The smallest absolute Gasteiger partial charge is 0.306 e. The Bertz CT molecular complexity index is 1450. The average molecular weight is 511 g/mol. The summed E-state index contributed by atoms with van der Waals surface area (Å²) in [5, 5.41) is 11.7. The lowest BCUT2D eigenvalue weighted by atomic mass is 10.2. The van der Waals surface area contributed by atoms with Gasteiger partial charge in [-0.05, 0) is 35.9 Å². The maximum Gasteiger partial charge on any atom is 0.306 e. The molecule has 0 saturated heterocycles. The maximum atomic E-state index is 13.3. The summed E-state index contributed by atoms with van der Waals surface area (Å²) in [5.74, 6) is -1.52. The summed E-state index contributed by atoms with van der Waals surface area (Å²) in [7, 11) is -2.69. The van der Waals surface area contributed by atoms with Crippen LogP contribution >= 0.6 is 11.3 Å². The molecule has 0 bridgehead atoms. The van der Waals surface area contributed by atoms with Gasteiger partial charge in [0.25, 0.3) is 6.43 Å². The molecule has 0 radical (unpaired) electrons. The van der Waals surface area contributed by atoms with E-state index in [9.17, 15) is 26.4 Å². The standard InChI is InChI=1S/C21H17F3N4O4S2/c1-32-17(29)8-9-34(30,31)14-6-7-16-15(10-14)18(20-25-26-21(33-20)19(23)24)27-28(16)11-12-2-4-13(22)5-3-12/h2-7,10,19H,8-9,11H2,1H3. The van der Waals surface area contributed by atoms with Gasteiger partial charge in [-0.1, -0.05) is 23.5 Å². The Hall–Kier alpha value is -3.32. The Morgan fingerprint density at radius 3 is 2.53 bits per heavy atom. The van der Waals surface area contributed by atoms with Gasteiger partial charge in [-0.3, -0.25) is 9.48 Å². The number of hydrogen-bond acceptors (Lipinski definition) is 8. The lowest BCUT2D eigenvalue weighted by Crippen LogP contribution is -2.12.